The standard InChI is InChI=1S/C7H12N2O3/c1-9(2)6(12)8-7(3-4-7)5(10)11/h3-4H2,1-2H3,(H,8,12)(H,10,11). The van der Waals surface area contributed by atoms with Crippen LogP contribution in [0.1, 0.15) is 12.8 Å². The van der Waals surface area contributed by atoms with Gasteiger partial charge in [-0.25, -0.2) is 9.59 Å². The Kier molecular flexibility index (Phi) is 1.95. The second-order valence-corrected chi connectivity index (χ2v) is 3.21. The van der Waals surface area contributed by atoms with E-state index in [1.807, 2.05) is 0 Å². The van der Waals surface area contributed by atoms with Crippen LogP contribution in [0.3, 0.4) is 0 Å². The summed E-state index contributed by atoms with van der Waals surface area (Å²) in [5.74, 6) is -0.947. The van der Waals surface area contributed by atoms with E-state index in [2.05, 4.69) is 5.32 Å². The minimum absolute atomic E-state index is 0.352. The molecule has 0 unspecified atom stereocenters. The third-order valence-corrected chi connectivity index (χ3v) is 1.91. The zero-order chi connectivity index (χ0) is 9.35. The predicted octanol–water partition coefficient (Wildman–Crippen LogP) is -0.125. The first kappa shape index (κ1) is 8.83. The fraction of sp³-hybridized carbons (Fsp3) is 0.714. The van der Waals surface area contributed by atoms with Gasteiger partial charge in [0.05, 0.1) is 0 Å². The molecule has 1 saturated carbocycles. The summed E-state index contributed by atoms with van der Waals surface area (Å²) < 4.78 is 0. The lowest BCUT2D eigenvalue weighted by Crippen LogP contribution is -2.47. The van der Waals surface area contributed by atoms with Crippen molar-refractivity contribution in [2.45, 2.75) is 18.4 Å². The number of amides is 2. The second kappa shape index (κ2) is 2.66. The largest absolute Gasteiger partial charge is 0.480 e. The Morgan fingerprint density at radius 2 is 1.92 bits per heavy atom. The fourth-order valence-electron chi connectivity index (χ4n) is 0.834. The molecule has 1 aliphatic carbocycles. The predicted molar refractivity (Wildman–Crippen MR) is 41.8 cm³/mol. The first-order valence-corrected chi connectivity index (χ1v) is 3.71. The number of nitrogens with one attached hydrogen (secondary N) is 1. The maximum Gasteiger partial charge on any atom is 0.329 e. The number of carboxylic acid groups (broad SMARTS) is 1. The van der Waals surface area contributed by atoms with Crippen LogP contribution in [-0.2, 0) is 4.79 Å². The zero-order valence-corrected chi connectivity index (χ0v) is 7.13. The third kappa shape index (κ3) is 1.49. The summed E-state index contributed by atoms with van der Waals surface area (Å²) in [7, 11) is 3.15. The number of carboxylic acids is 1. The van der Waals surface area contributed by atoms with E-state index in [1.165, 1.54) is 4.90 Å². The monoisotopic (exact) mass is 172 g/mol. The molecular formula is C7H12N2O3. The summed E-state index contributed by atoms with van der Waals surface area (Å²) >= 11 is 0. The summed E-state index contributed by atoms with van der Waals surface area (Å²) in [6.07, 6.45) is 1.06. The van der Waals surface area contributed by atoms with Crippen LogP contribution in [0.25, 0.3) is 0 Å². The Hall–Kier alpha value is -1.26. The van der Waals surface area contributed by atoms with Gasteiger partial charge in [-0.15, -0.1) is 0 Å². The van der Waals surface area contributed by atoms with Crippen molar-refractivity contribution in [2.24, 2.45) is 0 Å². The fourth-order valence-corrected chi connectivity index (χ4v) is 0.834. The quantitative estimate of drug-likeness (QED) is 0.609. The molecule has 1 fully saturated rings. The molecule has 0 bridgehead atoms. The first-order chi connectivity index (χ1) is 5.48. The van der Waals surface area contributed by atoms with E-state index < -0.39 is 11.5 Å². The van der Waals surface area contributed by atoms with Crippen molar-refractivity contribution < 1.29 is 14.7 Å². The first-order valence-electron chi connectivity index (χ1n) is 3.71. The van der Waals surface area contributed by atoms with Crippen molar-refractivity contribution in [3.63, 3.8) is 0 Å². The van der Waals surface area contributed by atoms with Crippen molar-refractivity contribution >= 4 is 12.0 Å². The zero-order valence-electron chi connectivity index (χ0n) is 7.13. The molecule has 1 aliphatic rings. The van der Waals surface area contributed by atoms with Crippen LogP contribution < -0.4 is 5.32 Å². The number of carbonyl (C=O) groups is 2. The van der Waals surface area contributed by atoms with Crippen LogP contribution in [0, 0.1) is 0 Å². The minimum Gasteiger partial charge on any atom is -0.480 e. The van der Waals surface area contributed by atoms with E-state index in [4.69, 9.17) is 5.11 Å². The van der Waals surface area contributed by atoms with Crippen LogP contribution in [-0.4, -0.2) is 41.6 Å². The molecule has 1 rings (SSSR count). The van der Waals surface area contributed by atoms with Crippen molar-refractivity contribution in [1.29, 1.82) is 0 Å². The van der Waals surface area contributed by atoms with Gasteiger partial charge in [0.25, 0.3) is 0 Å². The molecule has 2 N–H and O–H groups in total. The lowest BCUT2D eigenvalue weighted by molar-refractivity contribution is -0.140. The summed E-state index contributed by atoms with van der Waals surface area (Å²) in [5.41, 5.74) is -0.971. The smallest absolute Gasteiger partial charge is 0.329 e. The molecule has 0 saturated heterocycles. The molecular weight excluding hydrogens is 160 g/mol. The highest BCUT2D eigenvalue weighted by atomic mass is 16.4. The van der Waals surface area contributed by atoms with Gasteiger partial charge in [-0.3, -0.25) is 0 Å². The molecule has 0 radical (unpaired) electrons. The number of aliphatic carboxylic acids is 1. The number of nitrogens with zero attached hydrogens (tertiary/aromatic N) is 1. The maximum atomic E-state index is 11.1. The summed E-state index contributed by atoms with van der Waals surface area (Å²) in [5, 5.41) is 11.2. The van der Waals surface area contributed by atoms with Gasteiger partial charge < -0.3 is 15.3 Å². The highest BCUT2D eigenvalue weighted by molar-refractivity contribution is 5.88. The highest BCUT2D eigenvalue weighted by Crippen LogP contribution is 2.35. The van der Waals surface area contributed by atoms with E-state index in [1.54, 1.807) is 14.1 Å². The minimum atomic E-state index is -0.971. The Labute approximate surface area is 70.4 Å². The van der Waals surface area contributed by atoms with Gasteiger partial charge in [-0.1, -0.05) is 0 Å². The van der Waals surface area contributed by atoms with Crippen LogP contribution >= 0.6 is 0 Å². The number of hydrogen-bond donors (Lipinski definition) is 2. The number of rotatable bonds is 2. The Bertz CT molecular complexity index is 221. The van der Waals surface area contributed by atoms with E-state index in [0.717, 1.165) is 0 Å². The third-order valence-electron chi connectivity index (χ3n) is 1.91. The van der Waals surface area contributed by atoms with Crippen molar-refractivity contribution in [2.75, 3.05) is 14.1 Å². The summed E-state index contributed by atoms with van der Waals surface area (Å²) in [6, 6.07) is -0.352. The van der Waals surface area contributed by atoms with Crippen molar-refractivity contribution in [3.05, 3.63) is 0 Å². The molecule has 5 heteroatoms. The topological polar surface area (TPSA) is 69.6 Å². The average molecular weight is 172 g/mol. The van der Waals surface area contributed by atoms with E-state index in [9.17, 15) is 9.59 Å². The van der Waals surface area contributed by atoms with Gasteiger partial charge in [0.15, 0.2) is 0 Å². The molecule has 68 valence electrons. The Morgan fingerprint density at radius 3 is 2.17 bits per heavy atom. The maximum absolute atomic E-state index is 11.1. The van der Waals surface area contributed by atoms with Crippen molar-refractivity contribution in [3.8, 4) is 0 Å². The van der Waals surface area contributed by atoms with Gasteiger partial charge in [0.2, 0.25) is 0 Å². The molecule has 0 aromatic carbocycles. The lowest BCUT2D eigenvalue weighted by atomic mass is 10.3. The summed E-state index contributed by atoms with van der Waals surface area (Å²) in [6.45, 7) is 0. The molecule has 12 heavy (non-hydrogen) atoms. The van der Waals surface area contributed by atoms with Gasteiger partial charge in [0.1, 0.15) is 5.54 Å². The van der Waals surface area contributed by atoms with E-state index >= 15 is 0 Å². The molecule has 0 atom stereocenters. The molecule has 2 amide bonds. The van der Waals surface area contributed by atoms with E-state index in [-0.39, 0.29) is 6.03 Å². The highest BCUT2D eigenvalue weighted by Gasteiger charge is 2.51. The molecule has 0 aromatic rings. The van der Waals surface area contributed by atoms with Crippen LogP contribution in [0.4, 0.5) is 4.79 Å². The molecule has 0 spiro atoms. The molecule has 5 nitrogen and oxygen atoms in total. The van der Waals surface area contributed by atoms with Crippen LogP contribution in [0.5, 0.6) is 0 Å². The van der Waals surface area contributed by atoms with Gasteiger partial charge in [-0.05, 0) is 12.8 Å². The van der Waals surface area contributed by atoms with E-state index in [0.29, 0.717) is 12.8 Å². The number of hydrogen-bond acceptors (Lipinski definition) is 2. The lowest BCUT2D eigenvalue weighted by Gasteiger charge is -2.16. The molecule has 0 heterocycles. The summed E-state index contributed by atoms with van der Waals surface area (Å²) in [4.78, 5) is 23.0. The van der Waals surface area contributed by atoms with Crippen LogP contribution in [0.2, 0.25) is 0 Å². The van der Waals surface area contributed by atoms with Crippen molar-refractivity contribution in [1.82, 2.24) is 10.2 Å². The van der Waals surface area contributed by atoms with Gasteiger partial charge in [-0.2, -0.15) is 0 Å². The van der Waals surface area contributed by atoms with Gasteiger partial charge >= 0.3 is 12.0 Å². The number of urea groups is 1. The molecule has 0 aromatic heterocycles. The Morgan fingerprint density at radius 1 is 1.42 bits per heavy atom. The normalized spacial score (nSPS) is 18.2. The van der Waals surface area contributed by atoms with Gasteiger partial charge in [0, 0.05) is 14.1 Å². The second-order valence-electron chi connectivity index (χ2n) is 3.21. The van der Waals surface area contributed by atoms with Crippen LogP contribution in [0.15, 0.2) is 0 Å². The molecule has 0 aliphatic heterocycles. The number of carbonyl (C=O) groups excluding carboxylic acids is 1. The Balaban J connectivity index is 2.51. The average Bonchev–Trinajstić information content (AvgIpc) is 2.68. The SMILES string of the molecule is CN(C)C(=O)NC1(C(=O)O)CC1.